The molecule has 0 aliphatic carbocycles. The average Bonchev–Trinajstić information content (AvgIpc) is 3.20. The molecule has 0 radical (unpaired) electrons. The van der Waals surface area contributed by atoms with Crippen LogP contribution in [0.1, 0.15) is 37.5 Å². The third-order valence-electron chi connectivity index (χ3n) is 8.38. The second-order valence-corrected chi connectivity index (χ2v) is 15.5. The highest BCUT2D eigenvalue weighted by Gasteiger charge is 2.29. The standard InChI is InChI=1S/C44H50Cl3N3O9/c1-44(2,3)59-43(54)50(21-24-57-32-35-17-11-6-12-18-35)28-41(52)48(19-22-55-30-33-13-7-4-8-14-33)27-40(51)49(20-23-56-31-34-15-9-5-10-16-34)29-42(53)58-39-26-37(46)36(45)25-38(39)47/h4-18,25-26H,19-24,27-32H2,1-3H3. The van der Waals surface area contributed by atoms with Crippen molar-refractivity contribution in [3.05, 3.63) is 135 Å². The SMILES string of the molecule is CC(C)(C)OC(=O)N(CCOCc1ccccc1)CC(=O)N(CCOCc1ccccc1)CC(=O)N(CCOCc1ccccc1)CC(=O)Oc1cc(Cl)c(Cl)cc1Cl. The first kappa shape index (κ1) is 47.0. The number of halogens is 3. The first-order valence-corrected chi connectivity index (χ1v) is 20.1. The number of carbonyl (C=O) groups excluding carboxylic acids is 4. The molecule has 4 rings (SSSR count). The van der Waals surface area contributed by atoms with Crippen molar-refractivity contribution in [1.29, 1.82) is 0 Å². The lowest BCUT2D eigenvalue weighted by Gasteiger charge is -2.30. The van der Waals surface area contributed by atoms with E-state index >= 15 is 0 Å². The van der Waals surface area contributed by atoms with Crippen molar-refractivity contribution in [2.75, 3.05) is 59.1 Å². The second kappa shape index (κ2) is 24.4. The van der Waals surface area contributed by atoms with E-state index in [1.165, 1.54) is 26.8 Å². The van der Waals surface area contributed by atoms with Crippen molar-refractivity contribution in [3.63, 3.8) is 0 Å². The van der Waals surface area contributed by atoms with Gasteiger partial charge in [-0.15, -0.1) is 0 Å². The number of ether oxygens (including phenoxy) is 5. The van der Waals surface area contributed by atoms with Crippen LogP contribution in [0.25, 0.3) is 0 Å². The van der Waals surface area contributed by atoms with Crippen molar-refractivity contribution in [2.45, 2.75) is 46.2 Å². The summed E-state index contributed by atoms with van der Waals surface area (Å²) in [7, 11) is 0. The molecule has 0 saturated heterocycles. The Bertz CT molecular complexity index is 1930. The van der Waals surface area contributed by atoms with E-state index in [2.05, 4.69) is 0 Å². The van der Waals surface area contributed by atoms with Crippen LogP contribution in [0.15, 0.2) is 103 Å². The van der Waals surface area contributed by atoms with Gasteiger partial charge in [-0.2, -0.15) is 0 Å². The topological polar surface area (TPSA) is 124 Å². The summed E-state index contributed by atoms with van der Waals surface area (Å²) < 4.78 is 28.7. The molecule has 0 spiro atoms. The van der Waals surface area contributed by atoms with Gasteiger partial charge in [0.05, 0.1) is 61.3 Å². The quantitative estimate of drug-likeness (QED) is 0.0334. The Labute approximate surface area is 360 Å². The van der Waals surface area contributed by atoms with E-state index in [-0.39, 0.29) is 73.5 Å². The van der Waals surface area contributed by atoms with Crippen LogP contribution in [0.2, 0.25) is 15.1 Å². The fourth-order valence-corrected chi connectivity index (χ4v) is 5.96. The predicted molar refractivity (Wildman–Crippen MR) is 226 cm³/mol. The zero-order valence-corrected chi connectivity index (χ0v) is 35.7. The highest BCUT2D eigenvalue weighted by Crippen LogP contribution is 2.34. The van der Waals surface area contributed by atoms with E-state index in [1.54, 1.807) is 20.8 Å². The molecule has 3 amide bonds. The monoisotopic (exact) mass is 869 g/mol. The molecular formula is C44H50Cl3N3O9. The first-order chi connectivity index (χ1) is 28.3. The molecule has 59 heavy (non-hydrogen) atoms. The summed E-state index contributed by atoms with van der Waals surface area (Å²) in [6.07, 6.45) is -0.721. The Morgan fingerprint density at radius 2 is 0.915 bits per heavy atom. The molecule has 4 aromatic rings. The predicted octanol–water partition coefficient (Wildman–Crippen LogP) is 8.10. The van der Waals surface area contributed by atoms with Gasteiger partial charge in [0.15, 0.2) is 5.75 Å². The Morgan fingerprint density at radius 1 is 0.525 bits per heavy atom. The summed E-state index contributed by atoms with van der Waals surface area (Å²) in [5.41, 5.74) is 1.96. The van der Waals surface area contributed by atoms with Gasteiger partial charge in [-0.05, 0) is 43.5 Å². The molecule has 0 saturated carbocycles. The molecule has 0 bridgehead atoms. The van der Waals surface area contributed by atoms with Gasteiger partial charge in [0.25, 0.3) is 0 Å². The number of nitrogens with zero attached hydrogens (tertiary/aromatic N) is 3. The van der Waals surface area contributed by atoms with Crippen LogP contribution in [-0.2, 0) is 53.2 Å². The molecule has 15 heteroatoms. The largest absolute Gasteiger partial charge is 0.444 e. The maximum absolute atomic E-state index is 14.1. The van der Waals surface area contributed by atoms with Crippen LogP contribution in [0.5, 0.6) is 5.75 Å². The lowest BCUT2D eigenvalue weighted by Crippen LogP contribution is -2.50. The van der Waals surface area contributed by atoms with Gasteiger partial charge in [-0.25, -0.2) is 9.59 Å². The molecule has 0 unspecified atom stereocenters. The minimum atomic E-state index is -0.844. The molecule has 4 aromatic carbocycles. The summed E-state index contributed by atoms with van der Waals surface area (Å²) in [4.78, 5) is 58.7. The molecule has 0 atom stereocenters. The lowest BCUT2D eigenvalue weighted by molar-refractivity contribution is -0.146. The Kier molecular flexibility index (Phi) is 19.4. The van der Waals surface area contributed by atoms with Crippen molar-refractivity contribution in [1.82, 2.24) is 14.7 Å². The van der Waals surface area contributed by atoms with E-state index < -0.39 is 49.1 Å². The summed E-state index contributed by atoms with van der Waals surface area (Å²) >= 11 is 18.4. The van der Waals surface area contributed by atoms with Crippen LogP contribution >= 0.6 is 34.8 Å². The van der Waals surface area contributed by atoms with Gasteiger partial charge in [0.2, 0.25) is 11.8 Å². The Hall–Kier alpha value is -4.69. The van der Waals surface area contributed by atoms with E-state index in [1.807, 2.05) is 91.0 Å². The van der Waals surface area contributed by atoms with E-state index in [0.717, 1.165) is 16.7 Å². The van der Waals surface area contributed by atoms with Crippen LogP contribution < -0.4 is 4.74 Å². The fourth-order valence-electron chi connectivity index (χ4n) is 5.38. The molecule has 316 valence electrons. The molecule has 0 aliphatic heterocycles. The number of hydrogen-bond donors (Lipinski definition) is 0. The number of carbonyl (C=O) groups is 4. The van der Waals surface area contributed by atoms with Crippen LogP contribution in [0, 0.1) is 0 Å². The summed E-state index contributed by atoms with van der Waals surface area (Å²) in [5, 5.41) is 0.336. The first-order valence-electron chi connectivity index (χ1n) is 19.0. The van der Waals surface area contributed by atoms with E-state index in [4.69, 9.17) is 58.5 Å². The molecule has 0 aliphatic rings. The van der Waals surface area contributed by atoms with E-state index in [0.29, 0.717) is 6.61 Å². The normalized spacial score (nSPS) is 11.2. The van der Waals surface area contributed by atoms with Crippen LogP contribution in [0.3, 0.4) is 0 Å². The number of rotatable bonds is 22. The zero-order chi connectivity index (χ0) is 42.6. The Balaban J connectivity index is 1.51. The maximum Gasteiger partial charge on any atom is 0.410 e. The number of benzene rings is 4. The van der Waals surface area contributed by atoms with Gasteiger partial charge in [0, 0.05) is 25.7 Å². The molecule has 12 nitrogen and oxygen atoms in total. The number of amides is 3. The van der Waals surface area contributed by atoms with Crippen molar-refractivity contribution >= 4 is 58.7 Å². The van der Waals surface area contributed by atoms with Crippen molar-refractivity contribution in [3.8, 4) is 5.75 Å². The number of esters is 1. The smallest absolute Gasteiger partial charge is 0.410 e. The van der Waals surface area contributed by atoms with Gasteiger partial charge in [-0.3, -0.25) is 14.5 Å². The Morgan fingerprint density at radius 3 is 1.36 bits per heavy atom. The molecule has 0 heterocycles. The van der Waals surface area contributed by atoms with E-state index in [9.17, 15) is 19.2 Å². The summed E-state index contributed by atoms with van der Waals surface area (Å²) in [6.45, 7) is 4.88. The average molecular weight is 871 g/mol. The van der Waals surface area contributed by atoms with Crippen molar-refractivity contribution < 1.29 is 42.9 Å². The third kappa shape index (κ3) is 17.6. The maximum atomic E-state index is 14.1. The third-order valence-corrected chi connectivity index (χ3v) is 9.40. The van der Waals surface area contributed by atoms with Gasteiger partial charge < -0.3 is 33.5 Å². The second-order valence-electron chi connectivity index (χ2n) is 14.3. The van der Waals surface area contributed by atoms with Crippen LogP contribution in [-0.4, -0.2) is 103 Å². The van der Waals surface area contributed by atoms with Crippen molar-refractivity contribution in [2.24, 2.45) is 0 Å². The highest BCUT2D eigenvalue weighted by atomic mass is 35.5. The van der Waals surface area contributed by atoms with Crippen LogP contribution in [0.4, 0.5) is 4.79 Å². The highest BCUT2D eigenvalue weighted by molar-refractivity contribution is 6.43. The molecule has 0 fully saturated rings. The summed E-state index contributed by atoms with van der Waals surface area (Å²) in [5.74, 6) is -2.00. The number of hydrogen-bond acceptors (Lipinski definition) is 9. The minimum Gasteiger partial charge on any atom is -0.444 e. The zero-order valence-electron chi connectivity index (χ0n) is 33.5. The molecule has 0 N–H and O–H groups in total. The minimum absolute atomic E-state index is 0.00819. The van der Waals surface area contributed by atoms with Gasteiger partial charge >= 0.3 is 12.1 Å². The lowest BCUT2D eigenvalue weighted by atomic mass is 10.2. The molecule has 0 aromatic heterocycles. The van der Waals surface area contributed by atoms with Gasteiger partial charge in [0.1, 0.15) is 18.7 Å². The van der Waals surface area contributed by atoms with Gasteiger partial charge in [-0.1, -0.05) is 126 Å². The molecular weight excluding hydrogens is 821 g/mol. The fraction of sp³-hybridized carbons (Fsp3) is 0.364. The summed E-state index contributed by atoms with van der Waals surface area (Å²) in [6, 6.07) is 31.2.